The van der Waals surface area contributed by atoms with Gasteiger partial charge in [-0.3, -0.25) is 9.59 Å². The van der Waals surface area contributed by atoms with Crippen LogP contribution in [0.15, 0.2) is 6.20 Å². The predicted molar refractivity (Wildman–Crippen MR) is 99.9 cm³/mol. The number of hydrogen-bond acceptors (Lipinski definition) is 7. The van der Waals surface area contributed by atoms with Crippen molar-refractivity contribution < 1.29 is 14.3 Å². The molecule has 0 saturated carbocycles. The highest BCUT2D eigenvalue weighted by Crippen LogP contribution is 2.25. The van der Waals surface area contributed by atoms with Crippen LogP contribution in [0.4, 0.5) is 0 Å². The number of likely N-dealkylation sites (tertiary alicyclic amines) is 1. The molecule has 10 heteroatoms. The Morgan fingerprint density at radius 3 is 2.93 bits per heavy atom. The van der Waals surface area contributed by atoms with Gasteiger partial charge in [0.05, 0.1) is 36.1 Å². The maximum Gasteiger partial charge on any atom is 0.273 e. The molecule has 0 unspecified atom stereocenters. The lowest BCUT2D eigenvalue weighted by atomic mass is 10.2. The zero-order valence-electron chi connectivity index (χ0n) is 15.8. The van der Waals surface area contributed by atoms with E-state index < -0.39 is 0 Å². The summed E-state index contributed by atoms with van der Waals surface area (Å²) in [5.74, 6) is -0.258. The van der Waals surface area contributed by atoms with Crippen molar-refractivity contribution in [1.82, 2.24) is 30.2 Å². The number of aromatic nitrogens is 4. The molecule has 0 bridgehead atoms. The minimum absolute atomic E-state index is 0.0262. The SMILES string of the molecule is COCCNC(=O)c1cn(C[C@@H]2CCCN2C(=O)c2sc(C)nc2C)nn1. The zero-order valence-corrected chi connectivity index (χ0v) is 16.6. The number of nitrogens with one attached hydrogen (secondary N) is 1. The second-order valence-corrected chi connectivity index (χ2v) is 7.72. The molecule has 1 saturated heterocycles. The van der Waals surface area contributed by atoms with E-state index in [9.17, 15) is 9.59 Å². The molecule has 27 heavy (non-hydrogen) atoms. The zero-order chi connectivity index (χ0) is 19.4. The molecule has 3 heterocycles. The molecule has 3 rings (SSSR count). The van der Waals surface area contributed by atoms with Crippen molar-refractivity contribution in [3.05, 3.63) is 27.5 Å². The smallest absolute Gasteiger partial charge is 0.273 e. The van der Waals surface area contributed by atoms with Gasteiger partial charge in [0.1, 0.15) is 4.88 Å². The number of hydrogen-bond donors (Lipinski definition) is 1. The molecule has 2 aromatic rings. The molecule has 0 aliphatic carbocycles. The summed E-state index contributed by atoms with van der Waals surface area (Å²) < 4.78 is 6.54. The van der Waals surface area contributed by atoms with E-state index in [1.807, 2.05) is 18.7 Å². The van der Waals surface area contributed by atoms with Crippen molar-refractivity contribution in [3.63, 3.8) is 0 Å². The molecule has 146 valence electrons. The number of nitrogens with zero attached hydrogens (tertiary/aromatic N) is 5. The molecule has 0 aromatic carbocycles. The number of rotatable bonds is 7. The molecular weight excluding hydrogens is 368 g/mol. The molecule has 9 nitrogen and oxygen atoms in total. The van der Waals surface area contributed by atoms with Crippen LogP contribution in [-0.2, 0) is 11.3 Å². The first kappa shape index (κ1) is 19.4. The fourth-order valence-corrected chi connectivity index (χ4v) is 4.09. The number of carbonyl (C=O) groups is 2. The third-order valence-corrected chi connectivity index (χ3v) is 5.56. The maximum absolute atomic E-state index is 12.9. The van der Waals surface area contributed by atoms with Gasteiger partial charge in [-0.15, -0.1) is 16.4 Å². The third kappa shape index (κ3) is 4.51. The van der Waals surface area contributed by atoms with E-state index in [0.717, 1.165) is 30.1 Å². The average molecular weight is 392 g/mol. The number of carbonyl (C=O) groups excluding carboxylic acids is 2. The lowest BCUT2D eigenvalue weighted by molar-refractivity contribution is 0.0724. The van der Waals surface area contributed by atoms with Crippen LogP contribution in [0.25, 0.3) is 0 Å². The van der Waals surface area contributed by atoms with Gasteiger partial charge in [0.25, 0.3) is 11.8 Å². The summed E-state index contributed by atoms with van der Waals surface area (Å²) >= 11 is 1.43. The lowest BCUT2D eigenvalue weighted by Crippen LogP contribution is -2.38. The summed E-state index contributed by atoms with van der Waals surface area (Å²) in [4.78, 5) is 31.9. The standard InChI is InChI=1S/C17H24N6O3S/c1-11-15(27-12(2)19-11)17(25)23-7-4-5-13(23)9-22-10-14(20-21-22)16(24)18-6-8-26-3/h10,13H,4-9H2,1-3H3,(H,18,24)/t13-/m0/s1. The summed E-state index contributed by atoms with van der Waals surface area (Å²) in [5.41, 5.74) is 1.04. The van der Waals surface area contributed by atoms with Crippen molar-refractivity contribution in [2.45, 2.75) is 39.3 Å². The normalized spacial score (nSPS) is 16.7. The maximum atomic E-state index is 12.9. The number of ether oxygens (including phenoxy) is 1. The average Bonchev–Trinajstić information content (AvgIpc) is 3.35. The first-order valence-corrected chi connectivity index (χ1v) is 9.73. The van der Waals surface area contributed by atoms with E-state index in [4.69, 9.17) is 4.74 Å². The fourth-order valence-electron chi connectivity index (χ4n) is 3.22. The monoisotopic (exact) mass is 392 g/mol. The van der Waals surface area contributed by atoms with Crippen LogP contribution in [0.5, 0.6) is 0 Å². The second kappa shape index (κ2) is 8.57. The summed E-state index contributed by atoms with van der Waals surface area (Å²) in [6.45, 7) is 5.87. The largest absolute Gasteiger partial charge is 0.383 e. The fraction of sp³-hybridized carbons (Fsp3) is 0.588. The summed E-state index contributed by atoms with van der Waals surface area (Å²) in [5, 5.41) is 11.6. The summed E-state index contributed by atoms with van der Waals surface area (Å²) in [6.07, 6.45) is 3.47. The Balaban J connectivity index is 1.64. The second-order valence-electron chi connectivity index (χ2n) is 6.52. The molecule has 0 radical (unpaired) electrons. The van der Waals surface area contributed by atoms with Gasteiger partial charge in [0.2, 0.25) is 0 Å². The van der Waals surface area contributed by atoms with Gasteiger partial charge in [0, 0.05) is 20.2 Å². The quantitative estimate of drug-likeness (QED) is 0.706. The molecule has 1 atom stereocenters. The van der Waals surface area contributed by atoms with Crippen LogP contribution in [0.1, 0.15) is 43.7 Å². The van der Waals surface area contributed by atoms with E-state index in [1.165, 1.54) is 11.3 Å². The van der Waals surface area contributed by atoms with Crippen LogP contribution < -0.4 is 5.32 Å². The Hall–Kier alpha value is -2.33. The Kier molecular flexibility index (Phi) is 6.17. The van der Waals surface area contributed by atoms with Crippen molar-refractivity contribution in [2.24, 2.45) is 0 Å². The molecule has 1 aliphatic heterocycles. The van der Waals surface area contributed by atoms with Crippen LogP contribution in [0, 0.1) is 13.8 Å². The van der Waals surface area contributed by atoms with Gasteiger partial charge >= 0.3 is 0 Å². The van der Waals surface area contributed by atoms with Crippen LogP contribution >= 0.6 is 11.3 Å². The van der Waals surface area contributed by atoms with Crippen molar-refractivity contribution in [3.8, 4) is 0 Å². The van der Waals surface area contributed by atoms with Crippen molar-refractivity contribution in [2.75, 3.05) is 26.8 Å². The Morgan fingerprint density at radius 2 is 2.22 bits per heavy atom. The Labute approximate surface area is 161 Å². The number of thiazole rings is 1. The highest BCUT2D eigenvalue weighted by Gasteiger charge is 2.32. The minimum Gasteiger partial charge on any atom is -0.383 e. The number of amides is 2. The number of aryl methyl sites for hydroxylation is 2. The molecule has 1 N–H and O–H groups in total. The first-order valence-electron chi connectivity index (χ1n) is 8.92. The highest BCUT2D eigenvalue weighted by molar-refractivity contribution is 7.13. The molecule has 2 aromatic heterocycles. The predicted octanol–water partition coefficient (Wildman–Crippen LogP) is 1.03. The van der Waals surface area contributed by atoms with Crippen LogP contribution in [-0.4, -0.2) is 69.5 Å². The van der Waals surface area contributed by atoms with E-state index in [0.29, 0.717) is 24.6 Å². The molecule has 1 aliphatic rings. The Bertz CT molecular complexity index is 817. The van der Waals surface area contributed by atoms with Crippen LogP contribution in [0.3, 0.4) is 0 Å². The van der Waals surface area contributed by atoms with Crippen LogP contribution in [0.2, 0.25) is 0 Å². The van der Waals surface area contributed by atoms with Gasteiger partial charge in [-0.2, -0.15) is 0 Å². The highest BCUT2D eigenvalue weighted by atomic mass is 32.1. The topological polar surface area (TPSA) is 102 Å². The first-order chi connectivity index (χ1) is 13.0. The molecule has 1 fully saturated rings. The molecule has 2 amide bonds. The summed E-state index contributed by atoms with van der Waals surface area (Å²) in [7, 11) is 1.58. The molecule has 0 spiro atoms. The van der Waals surface area contributed by atoms with Crippen molar-refractivity contribution >= 4 is 23.2 Å². The van der Waals surface area contributed by atoms with Gasteiger partial charge in [-0.25, -0.2) is 9.67 Å². The third-order valence-electron chi connectivity index (χ3n) is 4.50. The summed E-state index contributed by atoms with van der Waals surface area (Å²) in [6, 6.07) is 0.0328. The molecular formula is C17H24N6O3S. The van der Waals surface area contributed by atoms with Crippen molar-refractivity contribution in [1.29, 1.82) is 0 Å². The lowest BCUT2D eigenvalue weighted by Gasteiger charge is -2.24. The van der Waals surface area contributed by atoms with Gasteiger partial charge in [-0.1, -0.05) is 5.21 Å². The van der Waals surface area contributed by atoms with E-state index in [2.05, 4.69) is 20.6 Å². The van der Waals surface area contributed by atoms with Gasteiger partial charge in [-0.05, 0) is 26.7 Å². The van der Waals surface area contributed by atoms with E-state index in [-0.39, 0.29) is 23.6 Å². The number of methoxy groups -OCH3 is 1. The van der Waals surface area contributed by atoms with Gasteiger partial charge in [0.15, 0.2) is 5.69 Å². The minimum atomic E-state index is -0.284. The van der Waals surface area contributed by atoms with E-state index >= 15 is 0 Å². The van der Waals surface area contributed by atoms with E-state index in [1.54, 1.807) is 18.0 Å². The Morgan fingerprint density at radius 1 is 1.41 bits per heavy atom. The van der Waals surface area contributed by atoms with Gasteiger partial charge < -0.3 is 15.0 Å².